The summed E-state index contributed by atoms with van der Waals surface area (Å²) in [7, 11) is 0. The summed E-state index contributed by atoms with van der Waals surface area (Å²) in [5.74, 6) is -0.911. The molecule has 0 bridgehead atoms. The van der Waals surface area contributed by atoms with Gasteiger partial charge in [-0.05, 0) is 37.8 Å². The zero-order valence-corrected chi connectivity index (χ0v) is 18.6. The summed E-state index contributed by atoms with van der Waals surface area (Å²) in [5.41, 5.74) is 0.128. The fraction of sp³-hybridized carbons (Fsp3) is 0.522. The fourth-order valence-electron chi connectivity index (χ4n) is 4.61. The van der Waals surface area contributed by atoms with Gasteiger partial charge in [0.2, 0.25) is 5.91 Å². The molecule has 32 heavy (non-hydrogen) atoms. The van der Waals surface area contributed by atoms with Gasteiger partial charge in [-0.15, -0.1) is 0 Å². The normalized spacial score (nSPS) is 20.8. The first-order valence-corrected chi connectivity index (χ1v) is 11.3. The van der Waals surface area contributed by atoms with E-state index in [9.17, 15) is 14.4 Å². The number of hydrogen-bond acceptors (Lipinski definition) is 5. The Morgan fingerprint density at radius 2 is 2.06 bits per heavy atom. The third-order valence-corrected chi connectivity index (χ3v) is 6.38. The molecule has 3 heterocycles. The average Bonchev–Trinajstić information content (AvgIpc) is 3.45. The van der Waals surface area contributed by atoms with Crippen molar-refractivity contribution in [1.82, 2.24) is 30.1 Å². The summed E-state index contributed by atoms with van der Waals surface area (Å²) < 4.78 is 1.64. The molecule has 9 heteroatoms. The molecule has 170 valence electrons. The average molecular weight is 439 g/mol. The van der Waals surface area contributed by atoms with E-state index in [0.29, 0.717) is 13.0 Å². The van der Waals surface area contributed by atoms with Crippen LogP contribution in [-0.4, -0.2) is 55.3 Å². The summed E-state index contributed by atoms with van der Waals surface area (Å²) >= 11 is 0. The lowest BCUT2D eigenvalue weighted by atomic mass is 9.93. The van der Waals surface area contributed by atoms with Gasteiger partial charge in [0, 0.05) is 31.5 Å². The Morgan fingerprint density at radius 1 is 1.28 bits per heavy atom. The number of carbonyl (C=O) groups is 3. The number of rotatable bonds is 7. The van der Waals surface area contributed by atoms with Crippen LogP contribution < -0.4 is 10.6 Å². The van der Waals surface area contributed by atoms with Gasteiger partial charge in [0.1, 0.15) is 11.2 Å². The number of hydrogen-bond donors (Lipinski definition) is 2. The lowest BCUT2D eigenvalue weighted by Crippen LogP contribution is -2.65. The highest BCUT2D eigenvalue weighted by molar-refractivity contribution is 6.07. The zero-order chi connectivity index (χ0) is 22.7. The molecule has 1 aliphatic heterocycles. The van der Waals surface area contributed by atoms with Crippen LogP contribution in [0, 0.1) is 0 Å². The molecule has 0 radical (unpaired) electrons. The SMILES string of the molecule is CCCN1C(=O)c2c(C(=O)NCc3cccnc3)ncn2CC1(C)C(=O)NC1CCCC1. The van der Waals surface area contributed by atoms with E-state index < -0.39 is 11.4 Å². The van der Waals surface area contributed by atoms with Crippen LogP contribution in [0.3, 0.4) is 0 Å². The van der Waals surface area contributed by atoms with E-state index >= 15 is 0 Å². The minimum absolute atomic E-state index is 0.0817. The maximum atomic E-state index is 13.5. The van der Waals surface area contributed by atoms with E-state index in [4.69, 9.17) is 0 Å². The molecule has 0 spiro atoms. The number of aromatic nitrogens is 3. The van der Waals surface area contributed by atoms with Crippen LogP contribution in [0.15, 0.2) is 30.9 Å². The lowest BCUT2D eigenvalue weighted by molar-refractivity contribution is -0.133. The number of amides is 3. The van der Waals surface area contributed by atoms with Crippen LogP contribution >= 0.6 is 0 Å². The van der Waals surface area contributed by atoms with Crippen LogP contribution in [0.25, 0.3) is 0 Å². The number of fused-ring (bicyclic) bond motifs is 1. The lowest BCUT2D eigenvalue weighted by Gasteiger charge is -2.44. The largest absolute Gasteiger partial charge is 0.351 e. The molecule has 3 amide bonds. The number of nitrogens with one attached hydrogen (secondary N) is 2. The van der Waals surface area contributed by atoms with Gasteiger partial charge < -0.3 is 20.1 Å². The van der Waals surface area contributed by atoms with Crippen molar-refractivity contribution in [3.05, 3.63) is 47.8 Å². The Morgan fingerprint density at radius 3 is 2.75 bits per heavy atom. The molecule has 1 fully saturated rings. The van der Waals surface area contributed by atoms with Crippen molar-refractivity contribution in [2.75, 3.05) is 6.54 Å². The molecule has 2 aromatic rings. The summed E-state index contributed by atoms with van der Waals surface area (Å²) in [6.45, 7) is 4.74. The minimum atomic E-state index is -1.03. The Kier molecular flexibility index (Phi) is 6.25. The van der Waals surface area contributed by atoms with Crippen LogP contribution in [0.2, 0.25) is 0 Å². The molecule has 2 aromatic heterocycles. The summed E-state index contributed by atoms with van der Waals surface area (Å²) in [6, 6.07) is 3.82. The monoisotopic (exact) mass is 438 g/mol. The zero-order valence-electron chi connectivity index (χ0n) is 18.6. The Labute approximate surface area is 187 Å². The van der Waals surface area contributed by atoms with Gasteiger partial charge in [0.15, 0.2) is 5.69 Å². The van der Waals surface area contributed by atoms with Gasteiger partial charge >= 0.3 is 0 Å². The first-order valence-electron chi connectivity index (χ1n) is 11.3. The van der Waals surface area contributed by atoms with Crippen molar-refractivity contribution in [1.29, 1.82) is 0 Å². The third kappa shape index (κ3) is 4.11. The molecule has 2 aliphatic rings. The molecular weight excluding hydrogens is 408 g/mol. The van der Waals surface area contributed by atoms with Crippen molar-refractivity contribution in [2.45, 2.75) is 70.6 Å². The highest BCUT2D eigenvalue weighted by Gasteiger charge is 2.48. The van der Waals surface area contributed by atoms with E-state index in [-0.39, 0.29) is 42.3 Å². The van der Waals surface area contributed by atoms with Gasteiger partial charge in [-0.25, -0.2) is 4.98 Å². The predicted octanol–water partition coefficient (Wildman–Crippen LogP) is 1.89. The maximum absolute atomic E-state index is 13.5. The van der Waals surface area contributed by atoms with Gasteiger partial charge in [0.25, 0.3) is 11.8 Å². The summed E-state index contributed by atoms with van der Waals surface area (Å²) in [5, 5.41) is 5.95. The number of nitrogens with zero attached hydrogens (tertiary/aromatic N) is 4. The molecule has 1 atom stereocenters. The molecule has 1 unspecified atom stereocenters. The summed E-state index contributed by atoms with van der Waals surface area (Å²) in [6.07, 6.45) is 9.70. The quantitative estimate of drug-likeness (QED) is 0.686. The molecule has 0 aromatic carbocycles. The smallest absolute Gasteiger partial charge is 0.273 e. The van der Waals surface area contributed by atoms with E-state index in [1.807, 2.05) is 13.0 Å². The molecular formula is C23H30N6O3. The highest BCUT2D eigenvalue weighted by atomic mass is 16.2. The van der Waals surface area contributed by atoms with E-state index in [2.05, 4.69) is 20.6 Å². The van der Waals surface area contributed by atoms with E-state index in [0.717, 1.165) is 31.2 Å². The minimum Gasteiger partial charge on any atom is -0.351 e. The third-order valence-electron chi connectivity index (χ3n) is 6.38. The van der Waals surface area contributed by atoms with Crippen LogP contribution in [0.4, 0.5) is 0 Å². The van der Waals surface area contributed by atoms with E-state index in [1.54, 1.807) is 34.9 Å². The molecule has 4 rings (SSSR count). The van der Waals surface area contributed by atoms with Crippen LogP contribution in [-0.2, 0) is 17.9 Å². The second kappa shape index (κ2) is 9.10. The van der Waals surface area contributed by atoms with Crippen molar-refractivity contribution < 1.29 is 14.4 Å². The number of carbonyl (C=O) groups excluding carboxylic acids is 3. The first-order chi connectivity index (χ1) is 15.4. The maximum Gasteiger partial charge on any atom is 0.273 e. The second-order valence-electron chi connectivity index (χ2n) is 8.80. The number of pyridine rings is 1. The number of imidazole rings is 1. The molecule has 1 saturated carbocycles. The van der Waals surface area contributed by atoms with Crippen molar-refractivity contribution in [3.63, 3.8) is 0 Å². The topological polar surface area (TPSA) is 109 Å². The van der Waals surface area contributed by atoms with Crippen molar-refractivity contribution >= 4 is 17.7 Å². The standard InChI is InChI=1S/C23H30N6O3/c1-3-11-29-21(31)19-18(20(30)25-13-16-7-6-10-24-12-16)26-15-28(19)14-23(29,2)22(32)27-17-8-4-5-9-17/h6-7,10,12,15,17H,3-5,8-9,11,13-14H2,1-2H3,(H,25,30)(H,27,32). The van der Waals surface area contributed by atoms with Gasteiger partial charge in [-0.3, -0.25) is 19.4 Å². The highest BCUT2D eigenvalue weighted by Crippen LogP contribution is 2.30. The Balaban J connectivity index is 1.57. The van der Waals surface area contributed by atoms with Crippen LogP contribution in [0.1, 0.15) is 72.5 Å². The molecule has 0 saturated heterocycles. The van der Waals surface area contributed by atoms with Gasteiger partial charge in [-0.1, -0.05) is 25.8 Å². The van der Waals surface area contributed by atoms with E-state index in [1.165, 1.54) is 6.33 Å². The molecule has 2 N–H and O–H groups in total. The first kappa shape index (κ1) is 22.0. The van der Waals surface area contributed by atoms with Crippen molar-refractivity contribution in [3.8, 4) is 0 Å². The Hall–Kier alpha value is -3.23. The molecule has 9 nitrogen and oxygen atoms in total. The summed E-state index contributed by atoms with van der Waals surface area (Å²) in [4.78, 5) is 49.5. The van der Waals surface area contributed by atoms with Gasteiger partial charge in [0.05, 0.1) is 12.9 Å². The van der Waals surface area contributed by atoms with Crippen LogP contribution in [0.5, 0.6) is 0 Å². The molecule has 1 aliphatic carbocycles. The van der Waals surface area contributed by atoms with Crippen molar-refractivity contribution in [2.24, 2.45) is 0 Å². The van der Waals surface area contributed by atoms with Gasteiger partial charge in [-0.2, -0.15) is 0 Å². The second-order valence-corrected chi connectivity index (χ2v) is 8.80. The fourth-order valence-corrected chi connectivity index (χ4v) is 4.61. The Bertz CT molecular complexity index is 998. The predicted molar refractivity (Wildman–Crippen MR) is 118 cm³/mol.